The van der Waals surface area contributed by atoms with E-state index < -0.39 is 18.2 Å². The fourth-order valence-electron chi connectivity index (χ4n) is 1.29. The number of rotatable bonds is 6. The Balaban J connectivity index is 1.68. The molecule has 108 valence electrons. The summed E-state index contributed by atoms with van der Waals surface area (Å²) in [4.78, 5) is 22.8. The summed E-state index contributed by atoms with van der Waals surface area (Å²) in [5.41, 5.74) is 4.39. The lowest BCUT2D eigenvalue weighted by molar-refractivity contribution is -0.129. The van der Waals surface area contributed by atoms with E-state index >= 15 is 0 Å². The molecule has 2 N–H and O–H groups in total. The zero-order chi connectivity index (χ0) is 14.9. The van der Waals surface area contributed by atoms with E-state index in [-0.39, 0.29) is 0 Å². The third kappa shape index (κ3) is 5.15. The number of nitrogens with one attached hydrogen (secondary N) is 2. The lowest BCUT2D eigenvalue weighted by Crippen LogP contribution is -2.27. The molecule has 0 aliphatic rings. The summed E-state index contributed by atoms with van der Waals surface area (Å²) >= 11 is 0. The van der Waals surface area contributed by atoms with Crippen molar-refractivity contribution in [3.05, 3.63) is 48.3 Å². The Labute approximate surface area is 119 Å². The van der Waals surface area contributed by atoms with Gasteiger partial charge in [0, 0.05) is 0 Å². The van der Waals surface area contributed by atoms with E-state index in [0.29, 0.717) is 11.5 Å². The van der Waals surface area contributed by atoms with Crippen molar-refractivity contribution >= 4 is 24.2 Å². The summed E-state index contributed by atoms with van der Waals surface area (Å²) in [6.07, 6.45) is 5.21. The van der Waals surface area contributed by atoms with Crippen LogP contribution in [0.5, 0.6) is 0 Å². The molecule has 21 heavy (non-hydrogen) atoms. The lowest BCUT2D eigenvalue weighted by Gasteiger charge is -1.98. The van der Waals surface area contributed by atoms with Gasteiger partial charge >= 0.3 is 0 Å². The van der Waals surface area contributed by atoms with Crippen LogP contribution >= 0.6 is 0 Å². The Kier molecular flexibility index (Phi) is 5.05. The second kappa shape index (κ2) is 7.43. The van der Waals surface area contributed by atoms with Gasteiger partial charge in [-0.1, -0.05) is 0 Å². The summed E-state index contributed by atoms with van der Waals surface area (Å²) in [5, 5.41) is 7.27. The van der Waals surface area contributed by atoms with Crippen molar-refractivity contribution in [1.82, 2.24) is 10.9 Å². The molecule has 0 radical (unpaired) electrons. The molecule has 0 aliphatic carbocycles. The Bertz CT molecular complexity index is 573. The average molecular weight is 288 g/mol. The molecular weight excluding hydrogens is 276 g/mol. The van der Waals surface area contributed by atoms with Crippen molar-refractivity contribution in [2.45, 2.75) is 6.42 Å². The van der Waals surface area contributed by atoms with Crippen LogP contribution in [0.4, 0.5) is 0 Å². The van der Waals surface area contributed by atoms with Crippen LogP contribution in [0.3, 0.4) is 0 Å². The molecule has 0 saturated heterocycles. The summed E-state index contributed by atoms with van der Waals surface area (Å²) in [6.45, 7) is 0. The van der Waals surface area contributed by atoms with E-state index in [1.54, 1.807) is 24.3 Å². The molecule has 0 aromatic carbocycles. The molecule has 2 amide bonds. The van der Waals surface area contributed by atoms with Crippen LogP contribution in [0, 0.1) is 0 Å². The largest absolute Gasteiger partial charge is 0.463 e. The Morgan fingerprint density at radius 2 is 1.43 bits per heavy atom. The van der Waals surface area contributed by atoms with Crippen molar-refractivity contribution in [1.29, 1.82) is 0 Å². The van der Waals surface area contributed by atoms with Crippen molar-refractivity contribution in [3.8, 4) is 0 Å². The first-order valence-electron chi connectivity index (χ1n) is 5.95. The maximum atomic E-state index is 11.4. The van der Waals surface area contributed by atoms with E-state index in [2.05, 4.69) is 21.1 Å². The van der Waals surface area contributed by atoms with E-state index in [9.17, 15) is 9.59 Å². The van der Waals surface area contributed by atoms with Crippen molar-refractivity contribution in [2.24, 2.45) is 10.2 Å². The molecule has 0 unspecified atom stereocenters. The predicted octanol–water partition coefficient (Wildman–Crippen LogP) is 0.863. The standard InChI is InChI=1S/C13H12N4O4/c18-12(16-14-8-10-3-1-5-20-10)7-13(19)17-15-9-11-4-2-6-21-11/h1-6,8-9H,7H2,(H,16,18)(H,17,19)/b14-8-,15-9-. The van der Waals surface area contributed by atoms with Crippen LogP contribution in [0.25, 0.3) is 0 Å². The summed E-state index contributed by atoms with van der Waals surface area (Å²) < 4.78 is 9.95. The minimum atomic E-state index is -0.566. The second-order valence-electron chi connectivity index (χ2n) is 3.79. The number of carbonyl (C=O) groups excluding carboxylic acids is 2. The van der Waals surface area contributed by atoms with Crippen LogP contribution in [0.15, 0.2) is 55.8 Å². The third-order valence-electron chi connectivity index (χ3n) is 2.17. The van der Waals surface area contributed by atoms with Gasteiger partial charge in [-0.3, -0.25) is 9.59 Å². The minimum absolute atomic E-state index is 0.398. The SMILES string of the molecule is O=C(CC(=O)N/N=C\c1ccco1)N/N=C\c1ccco1. The van der Waals surface area contributed by atoms with Crippen LogP contribution in [0.2, 0.25) is 0 Å². The Hall–Kier alpha value is -3.16. The topological polar surface area (TPSA) is 109 Å². The summed E-state index contributed by atoms with van der Waals surface area (Å²) in [6, 6.07) is 6.72. The normalized spacial score (nSPS) is 11.0. The molecule has 0 bridgehead atoms. The van der Waals surface area contributed by atoms with Crippen LogP contribution in [-0.4, -0.2) is 24.2 Å². The number of carbonyl (C=O) groups is 2. The number of hydrogen-bond acceptors (Lipinski definition) is 6. The first-order valence-corrected chi connectivity index (χ1v) is 5.95. The molecule has 2 rings (SSSR count). The maximum absolute atomic E-state index is 11.4. The fraction of sp³-hybridized carbons (Fsp3) is 0.0769. The quantitative estimate of drug-likeness (QED) is 0.466. The second-order valence-corrected chi connectivity index (χ2v) is 3.79. The van der Waals surface area contributed by atoms with Gasteiger partial charge in [0.15, 0.2) is 0 Å². The highest BCUT2D eigenvalue weighted by atomic mass is 16.3. The van der Waals surface area contributed by atoms with Crippen molar-refractivity contribution < 1.29 is 18.4 Å². The van der Waals surface area contributed by atoms with Gasteiger partial charge in [0.1, 0.15) is 17.9 Å². The molecule has 2 aromatic heterocycles. The molecule has 2 heterocycles. The fourth-order valence-corrected chi connectivity index (χ4v) is 1.29. The van der Waals surface area contributed by atoms with E-state index in [1.165, 1.54) is 25.0 Å². The monoisotopic (exact) mass is 288 g/mol. The van der Waals surface area contributed by atoms with E-state index in [4.69, 9.17) is 8.83 Å². The number of hydrazone groups is 2. The molecule has 0 atom stereocenters. The van der Waals surface area contributed by atoms with Gasteiger partial charge in [-0.25, -0.2) is 10.9 Å². The van der Waals surface area contributed by atoms with Gasteiger partial charge in [0.2, 0.25) is 11.8 Å². The average Bonchev–Trinajstić information content (AvgIpc) is 3.11. The number of furan rings is 2. The van der Waals surface area contributed by atoms with Gasteiger partial charge in [0.25, 0.3) is 0 Å². The predicted molar refractivity (Wildman–Crippen MR) is 73.5 cm³/mol. The zero-order valence-corrected chi connectivity index (χ0v) is 10.9. The first-order chi connectivity index (χ1) is 10.2. The minimum Gasteiger partial charge on any atom is -0.463 e. The summed E-state index contributed by atoms with van der Waals surface area (Å²) in [5.74, 6) is -0.155. The molecule has 0 saturated carbocycles. The molecule has 0 aliphatic heterocycles. The third-order valence-corrected chi connectivity index (χ3v) is 2.17. The highest BCUT2D eigenvalue weighted by molar-refractivity contribution is 5.97. The Morgan fingerprint density at radius 3 is 1.81 bits per heavy atom. The molecule has 0 spiro atoms. The van der Waals surface area contributed by atoms with Gasteiger partial charge < -0.3 is 8.83 Å². The maximum Gasteiger partial charge on any atom is 0.249 e. The van der Waals surface area contributed by atoms with Gasteiger partial charge in [-0.2, -0.15) is 10.2 Å². The Morgan fingerprint density at radius 1 is 0.952 bits per heavy atom. The zero-order valence-electron chi connectivity index (χ0n) is 10.9. The van der Waals surface area contributed by atoms with E-state index in [1.807, 2.05) is 0 Å². The molecule has 8 heteroatoms. The highest BCUT2D eigenvalue weighted by Crippen LogP contribution is 1.95. The lowest BCUT2D eigenvalue weighted by atomic mass is 10.4. The van der Waals surface area contributed by atoms with Crippen molar-refractivity contribution in [2.75, 3.05) is 0 Å². The number of amides is 2. The van der Waals surface area contributed by atoms with Gasteiger partial charge in [-0.15, -0.1) is 0 Å². The molecular formula is C13H12N4O4. The molecule has 8 nitrogen and oxygen atoms in total. The van der Waals surface area contributed by atoms with Crippen LogP contribution in [0.1, 0.15) is 17.9 Å². The van der Waals surface area contributed by atoms with Gasteiger partial charge in [0.05, 0.1) is 25.0 Å². The number of hydrogen-bond donors (Lipinski definition) is 2. The van der Waals surface area contributed by atoms with E-state index in [0.717, 1.165) is 0 Å². The van der Waals surface area contributed by atoms with Gasteiger partial charge in [-0.05, 0) is 24.3 Å². The first kappa shape index (κ1) is 14.3. The summed E-state index contributed by atoms with van der Waals surface area (Å²) in [7, 11) is 0. The molecule has 2 aromatic rings. The number of nitrogens with zero attached hydrogens (tertiary/aromatic N) is 2. The van der Waals surface area contributed by atoms with Crippen LogP contribution < -0.4 is 10.9 Å². The smallest absolute Gasteiger partial charge is 0.249 e. The van der Waals surface area contributed by atoms with Crippen LogP contribution in [-0.2, 0) is 9.59 Å². The molecule has 0 fully saturated rings. The highest BCUT2D eigenvalue weighted by Gasteiger charge is 2.07. The van der Waals surface area contributed by atoms with Crippen molar-refractivity contribution in [3.63, 3.8) is 0 Å².